The molecule has 0 amide bonds. The normalized spacial score (nSPS) is 16.6. The van der Waals surface area contributed by atoms with Gasteiger partial charge >= 0.3 is 0 Å². The molecule has 3 heterocycles. The third-order valence-electron chi connectivity index (χ3n) is 5.38. The molecule has 156 valence electrons. The van der Waals surface area contributed by atoms with Gasteiger partial charge in [-0.05, 0) is 43.3 Å². The summed E-state index contributed by atoms with van der Waals surface area (Å²) in [5.74, 6) is 1.91. The number of nitrogens with zero attached hydrogens (tertiary/aromatic N) is 3. The van der Waals surface area contributed by atoms with E-state index in [1.807, 2.05) is 16.8 Å². The fourth-order valence-electron chi connectivity index (χ4n) is 3.74. The molecule has 1 saturated heterocycles. The van der Waals surface area contributed by atoms with Gasteiger partial charge in [-0.25, -0.2) is 9.50 Å². The van der Waals surface area contributed by atoms with Crippen LogP contribution in [-0.4, -0.2) is 34.2 Å². The Labute approximate surface area is 178 Å². The Morgan fingerprint density at radius 2 is 2.03 bits per heavy atom. The molecule has 3 aromatic rings. The maximum atomic E-state index is 4.84. The summed E-state index contributed by atoms with van der Waals surface area (Å²) in [6, 6.07) is 12.5. The Hall–Kier alpha value is -2.31. The topological polar surface area (TPSA) is 66.3 Å². The number of anilines is 2. The average molecular weight is 415 g/mol. The fourth-order valence-corrected chi connectivity index (χ4v) is 3.74. The second-order valence-corrected chi connectivity index (χ2v) is 7.95. The molecule has 0 radical (unpaired) electrons. The molecular weight excluding hydrogens is 384 g/mol. The molecule has 7 heteroatoms. The molecule has 1 aliphatic heterocycles. The van der Waals surface area contributed by atoms with Gasteiger partial charge in [-0.3, -0.25) is 0 Å². The van der Waals surface area contributed by atoms with E-state index in [1.165, 1.54) is 18.4 Å². The van der Waals surface area contributed by atoms with Gasteiger partial charge in [-0.2, -0.15) is 0 Å². The van der Waals surface area contributed by atoms with Gasteiger partial charge in [0.1, 0.15) is 5.82 Å². The van der Waals surface area contributed by atoms with Gasteiger partial charge in [0.05, 0.1) is 17.6 Å². The van der Waals surface area contributed by atoms with Crippen molar-refractivity contribution in [1.82, 2.24) is 19.9 Å². The van der Waals surface area contributed by atoms with Crippen LogP contribution in [0.2, 0.25) is 0 Å². The number of hydrogen-bond donors (Lipinski definition) is 3. The molecule has 0 bridgehead atoms. The Morgan fingerprint density at radius 1 is 1.21 bits per heavy atom. The molecule has 1 atom stereocenters. The van der Waals surface area contributed by atoms with Crippen molar-refractivity contribution in [2.75, 3.05) is 30.3 Å². The van der Waals surface area contributed by atoms with Crippen molar-refractivity contribution >= 4 is 29.6 Å². The smallest absolute Gasteiger partial charge is 0.177 e. The lowest BCUT2D eigenvalue weighted by Crippen LogP contribution is -2.33. The molecule has 4 rings (SSSR count). The zero-order valence-electron chi connectivity index (χ0n) is 17.2. The number of imidazole rings is 1. The number of fused-ring (bicyclic) bond motifs is 1. The molecule has 1 aromatic carbocycles. The number of halogens is 1. The summed E-state index contributed by atoms with van der Waals surface area (Å²) in [4.78, 5) is 4.64. The van der Waals surface area contributed by atoms with Crippen molar-refractivity contribution in [3.05, 3.63) is 53.9 Å². The molecule has 29 heavy (non-hydrogen) atoms. The van der Waals surface area contributed by atoms with E-state index in [0.717, 1.165) is 49.0 Å². The van der Waals surface area contributed by atoms with Gasteiger partial charge in [0.25, 0.3) is 0 Å². The van der Waals surface area contributed by atoms with Gasteiger partial charge in [0.15, 0.2) is 5.65 Å². The highest BCUT2D eigenvalue weighted by Gasteiger charge is 2.16. The van der Waals surface area contributed by atoms with Crippen LogP contribution in [0.5, 0.6) is 0 Å². The first kappa shape index (κ1) is 21.4. The number of hydrogen-bond acceptors (Lipinski definition) is 5. The van der Waals surface area contributed by atoms with E-state index in [1.54, 1.807) is 0 Å². The van der Waals surface area contributed by atoms with Crippen LogP contribution in [0.4, 0.5) is 11.5 Å². The lowest BCUT2D eigenvalue weighted by Gasteiger charge is -2.23. The summed E-state index contributed by atoms with van der Waals surface area (Å²) < 4.78 is 1.99. The zero-order valence-corrected chi connectivity index (χ0v) is 18.0. The summed E-state index contributed by atoms with van der Waals surface area (Å²) in [7, 11) is 0. The summed E-state index contributed by atoms with van der Waals surface area (Å²) in [5, 5.41) is 15.4. The predicted molar refractivity (Wildman–Crippen MR) is 122 cm³/mol. The average Bonchev–Trinajstić information content (AvgIpc) is 3.16. The minimum Gasteiger partial charge on any atom is -0.378 e. The first-order valence-electron chi connectivity index (χ1n) is 10.3. The van der Waals surface area contributed by atoms with Crippen molar-refractivity contribution in [1.29, 1.82) is 0 Å². The second-order valence-electron chi connectivity index (χ2n) is 7.95. The molecule has 1 fully saturated rings. The maximum absolute atomic E-state index is 4.84. The molecule has 0 saturated carbocycles. The minimum atomic E-state index is 0. The van der Waals surface area contributed by atoms with Crippen molar-refractivity contribution in [3.63, 3.8) is 0 Å². The van der Waals surface area contributed by atoms with Gasteiger partial charge < -0.3 is 16.0 Å². The SMILES string of the molecule is CC(C)c1cnc2c(NCc3ccccc3)cc(NCC3CCCNC3)nn12.Cl. The first-order chi connectivity index (χ1) is 13.7. The van der Waals surface area contributed by atoms with Crippen LogP contribution in [0, 0.1) is 5.92 Å². The monoisotopic (exact) mass is 414 g/mol. The number of rotatable bonds is 7. The predicted octanol–water partition coefficient (Wildman–Crippen LogP) is 4.30. The van der Waals surface area contributed by atoms with Crippen LogP contribution in [0.25, 0.3) is 5.65 Å². The van der Waals surface area contributed by atoms with Gasteiger partial charge in [-0.1, -0.05) is 44.2 Å². The third kappa shape index (κ3) is 5.19. The highest BCUT2D eigenvalue weighted by molar-refractivity contribution is 5.85. The molecule has 3 N–H and O–H groups in total. The summed E-state index contributed by atoms with van der Waals surface area (Å²) in [5.41, 5.74) is 4.26. The molecule has 1 aliphatic rings. The lowest BCUT2D eigenvalue weighted by atomic mass is 10.00. The van der Waals surface area contributed by atoms with E-state index in [4.69, 9.17) is 5.10 Å². The molecular formula is C22H31ClN6. The summed E-state index contributed by atoms with van der Waals surface area (Å²) >= 11 is 0. The Morgan fingerprint density at radius 3 is 2.76 bits per heavy atom. The molecule has 0 spiro atoms. The van der Waals surface area contributed by atoms with Crippen molar-refractivity contribution < 1.29 is 0 Å². The number of aromatic nitrogens is 3. The van der Waals surface area contributed by atoms with Gasteiger partial charge in [-0.15, -0.1) is 17.5 Å². The van der Waals surface area contributed by atoms with Crippen molar-refractivity contribution in [3.8, 4) is 0 Å². The lowest BCUT2D eigenvalue weighted by molar-refractivity contribution is 0.392. The molecule has 1 unspecified atom stereocenters. The van der Waals surface area contributed by atoms with E-state index in [9.17, 15) is 0 Å². The Balaban J connectivity index is 0.00000240. The maximum Gasteiger partial charge on any atom is 0.177 e. The second kappa shape index (κ2) is 9.94. The number of nitrogens with one attached hydrogen (secondary N) is 3. The zero-order chi connectivity index (χ0) is 19.3. The largest absolute Gasteiger partial charge is 0.378 e. The number of benzene rings is 1. The van der Waals surface area contributed by atoms with Crippen LogP contribution >= 0.6 is 12.4 Å². The van der Waals surface area contributed by atoms with E-state index in [-0.39, 0.29) is 12.4 Å². The van der Waals surface area contributed by atoms with Crippen LogP contribution < -0.4 is 16.0 Å². The van der Waals surface area contributed by atoms with E-state index >= 15 is 0 Å². The van der Waals surface area contributed by atoms with E-state index < -0.39 is 0 Å². The molecule has 2 aromatic heterocycles. The highest BCUT2D eigenvalue weighted by Crippen LogP contribution is 2.24. The summed E-state index contributed by atoms with van der Waals surface area (Å²) in [6.45, 7) is 8.27. The Kier molecular flexibility index (Phi) is 7.34. The van der Waals surface area contributed by atoms with Crippen LogP contribution in [0.1, 0.15) is 43.9 Å². The molecule has 6 nitrogen and oxygen atoms in total. The van der Waals surface area contributed by atoms with Crippen LogP contribution in [0.3, 0.4) is 0 Å². The summed E-state index contributed by atoms with van der Waals surface area (Å²) in [6.07, 6.45) is 4.46. The van der Waals surface area contributed by atoms with Crippen molar-refractivity contribution in [2.45, 2.75) is 39.2 Å². The number of piperidine rings is 1. The standard InChI is InChI=1S/C22H30N6.ClH/c1-16(2)20-15-26-22-19(24-13-17-7-4-3-5-8-17)11-21(27-28(20)22)25-14-18-9-6-10-23-12-18;/h3-5,7-8,11,15-16,18,23-24H,6,9-10,12-14H2,1-2H3,(H,25,27);1H. The fraction of sp³-hybridized carbons (Fsp3) is 0.455. The van der Waals surface area contributed by atoms with Gasteiger partial charge in [0, 0.05) is 19.2 Å². The minimum absolute atomic E-state index is 0. The van der Waals surface area contributed by atoms with Gasteiger partial charge in [0.2, 0.25) is 0 Å². The third-order valence-corrected chi connectivity index (χ3v) is 5.38. The quantitative estimate of drug-likeness (QED) is 0.538. The molecule has 0 aliphatic carbocycles. The van der Waals surface area contributed by atoms with Crippen LogP contribution in [0.15, 0.2) is 42.6 Å². The highest BCUT2D eigenvalue weighted by atomic mass is 35.5. The van der Waals surface area contributed by atoms with E-state index in [0.29, 0.717) is 11.8 Å². The first-order valence-corrected chi connectivity index (χ1v) is 10.3. The van der Waals surface area contributed by atoms with Crippen LogP contribution in [-0.2, 0) is 6.54 Å². The Bertz CT molecular complexity index is 902. The van der Waals surface area contributed by atoms with E-state index in [2.05, 4.69) is 65.1 Å². The van der Waals surface area contributed by atoms with Crippen molar-refractivity contribution in [2.24, 2.45) is 5.92 Å².